The van der Waals surface area contributed by atoms with Crippen molar-refractivity contribution < 1.29 is 8.78 Å². The third-order valence-electron chi connectivity index (χ3n) is 5.25. The SMILES string of the molecule is Cc1ccc(/C=C/c2cc3ccccc3cc2/C=C/c2ccc(C)c(F)c2)cc1F. The first kappa shape index (κ1) is 19.8. The Balaban J connectivity index is 1.75. The highest BCUT2D eigenvalue weighted by atomic mass is 19.1. The molecule has 0 saturated heterocycles. The first-order valence-corrected chi connectivity index (χ1v) is 9.91. The van der Waals surface area contributed by atoms with Crippen LogP contribution in [0.5, 0.6) is 0 Å². The van der Waals surface area contributed by atoms with Gasteiger partial charge < -0.3 is 0 Å². The summed E-state index contributed by atoms with van der Waals surface area (Å²) in [6.45, 7) is 3.51. The zero-order chi connectivity index (χ0) is 21.1. The molecule has 4 rings (SSSR count). The second kappa shape index (κ2) is 8.46. The zero-order valence-corrected chi connectivity index (χ0v) is 17.0. The maximum absolute atomic E-state index is 13.9. The molecule has 0 radical (unpaired) electrons. The fourth-order valence-corrected chi connectivity index (χ4v) is 3.36. The number of fused-ring (bicyclic) bond motifs is 1. The van der Waals surface area contributed by atoms with E-state index >= 15 is 0 Å². The molecule has 2 heteroatoms. The molecule has 0 aliphatic rings. The molecule has 4 aromatic carbocycles. The monoisotopic (exact) mass is 396 g/mol. The zero-order valence-electron chi connectivity index (χ0n) is 17.0. The molecule has 0 fully saturated rings. The Morgan fingerprint density at radius 1 is 0.533 bits per heavy atom. The van der Waals surface area contributed by atoms with Crippen LogP contribution in [0.3, 0.4) is 0 Å². The molecule has 4 aromatic rings. The van der Waals surface area contributed by atoms with Gasteiger partial charge >= 0.3 is 0 Å². The molecule has 0 nitrogen and oxygen atoms in total. The van der Waals surface area contributed by atoms with Gasteiger partial charge in [-0.1, -0.05) is 72.8 Å². The molecule has 0 spiro atoms. The van der Waals surface area contributed by atoms with Crippen LogP contribution in [0.1, 0.15) is 33.4 Å². The Hall–Kier alpha value is -3.52. The average molecular weight is 396 g/mol. The van der Waals surface area contributed by atoms with Gasteiger partial charge in [0.2, 0.25) is 0 Å². The van der Waals surface area contributed by atoms with Gasteiger partial charge in [-0.25, -0.2) is 8.78 Å². The second-order valence-corrected chi connectivity index (χ2v) is 7.51. The topological polar surface area (TPSA) is 0 Å². The molecular formula is C28H22F2. The lowest BCUT2D eigenvalue weighted by molar-refractivity contribution is 0.618. The molecule has 0 atom stereocenters. The Labute approximate surface area is 175 Å². The summed E-state index contributed by atoms with van der Waals surface area (Å²) in [6.07, 6.45) is 7.81. The predicted octanol–water partition coefficient (Wildman–Crippen LogP) is 8.08. The van der Waals surface area contributed by atoms with Crippen molar-refractivity contribution in [3.8, 4) is 0 Å². The van der Waals surface area contributed by atoms with Gasteiger partial charge in [-0.3, -0.25) is 0 Å². The van der Waals surface area contributed by atoms with Gasteiger partial charge in [0.25, 0.3) is 0 Å². The summed E-state index contributed by atoms with van der Waals surface area (Å²) < 4.78 is 27.8. The summed E-state index contributed by atoms with van der Waals surface area (Å²) in [7, 11) is 0. The van der Waals surface area contributed by atoms with Gasteiger partial charge in [-0.15, -0.1) is 0 Å². The predicted molar refractivity (Wildman–Crippen MR) is 124 cm³/mol. The summed E-state index contributed by atoms with van der Waals surface area (Å²) in [5.41, 5.74) is 4.90. The van der Waals surface area contributed by atoms with Crippen LogP contribution in [0.25, 0.3) is 35.1 Å². The summed E-state index contributed by atoms with van der Waals surface area (Å²) >= 11 is 0. The molecule has 0 amide bonds. The first-order chi connectivity index (χ1) is 14.5. The van der Waals surface area contributed by atoms with E-state index in [-0.39, 0.29) is 11.6 Å². The van der Waals surface area contributed by atoms with Crippen LogP contribution in [-0.2, 0) is 0 Å². The first-order valence-electron chi connectivity index (χ1n) is 9.91. The minimum Gasteiger partial charge on any atom is -0.207 e. The molecule has 0 saturated carbocycles. The molecule has 0 aliphatic carbocycles. The van der Waals surface area contributed by atoms with E-state index in [0.717, 1.165) is 33.0 Å². The number of aryl methyl sites for hydroxylation is 2. The smallest absolute Gasteiger partial charge is 0.126 e. The van der Waals surface area contributed by atoms with Crippen LogP contribution in [-0.4, -0.2) is 0 Å². The number of benzene rings is 4. The van der Waals surface area contributed by atoms with Crippen molar-refractivity contribution in [2.75, 3.05) is 0 Å². The lowest BCUT2D eigenvalue weighted by Crippen LogP contribution is -1.85. The van der Waals surface area contributed by atoms with E-state index in [1.165, 1.54) is 12.1 Å². The van der Waals surface area contributed by atoms with E-state index in [1.54, 1.807) is 26.0 Å². The van der Waals surface area contributed by atoms with Crippen LogP contribution < -0.4 is 0 Å². The van der Waals surface area contributed by atoms with E-state index in [2.05, 4.69) is 24.3 Å². The fraction of sp³-hybridized carbons (Fsp3) is 0.0714. The number of rotatable bonds is 4. The molecule has 0 heterocycles. The van der Waals surface area contributed by atoms with Gasteiger partial charge in [0.1, 0.15) is 11.6 Å². The fourth-order valence-electron chi connectivity index (χ4n) is 3.36. The van der Waals surface area contributed by atoms with Gasteiger partial charge in [0, 0.05) is 0 Å². The van der Waals surface area contributed by atoms with Gasteiger partial charge in [0.15, 0.2) is 0 Å². The summed E-state index contributed by atoms with van der Waals surface area (Å²) in [5, 5.41) is 2.26. The van der Waals surface area contributed by atoms with E-state index in [9.17, 15) is 8.78 Å². The molecule has 0 N–H and O–H groups in total. The number of hydrogen-bond acceptors (Lipinski definition) is 0. The maximum atomic E-state index is 13.9. The van der Waals surface area contributed by atoms with Crippen molar-refractivity contribution in [1.82, 2.24) is 0 Å². The van der Waals surface area contributed by atoms with Crippen LogP contribution >= 0.6 is 0 Å². The van der Waals surface area contributed by atoms with Crippen molar-refractivity contribution in [3.05, 3.63) is 118 Å². The lowest BCUT2D eigenvalue weighted by Gasteiger charge is -2.06. The highest BCUT2D eigenvalue weighted by molar-refractivity contribution is 5.91. The van der Waals surface area contributed by atoms with E-state index in [0.29, 0.717) is 11.1 Å². The largest absolute Gasteiger partial charge is 0.207 e. The summed E-state index contributed by atoms with van der Waals surface area (Å²) in [6, 6.07) is 22.8. The molecule has 148 valence electrons. The van der Waals surface area contributed by atoms with Crippen LogP contribution in [0.2, 0.25) is 0 Å². The molecule has 0 unspecified atom stereocenters. The van der Waals surface area contributed by atoms with Crippen LogP contribution in [0.15, 0.2) is 72.8 Å². The lowest BCUT2D eigenvalue weighted by atomic mass is 9.98. The van der Waals surface area contributed by atoms with Gasteiger partial charge in [-0.2, -0.15) is 0 Å². The van der Waals surface area contributed by atoms with Crippen molar-refractivity contribution in [1.29, 1.82) is 0 Å². The number of hydrogen-bond donors (Lipinski definition) is 0. The van der Waals surface area contributed by atoms with Gasteiger partial charge in [0.05, 0.1) is 0 Å². The quantitative estimate of drug-likeness (QED) is 0.306. The Bertz CT molecular complexity index is 1180. The molecule has 30 heavy (non-hydrogen) atoms. The van der Waals surface area contributed by atoms with Gasteiger partial charge in [-0.05, 0) is 82.3 Å². The molecule has 0 aromatic heterocycles. The highest BCUT2D eigenvalue weighted by Gasteiger charge is 2.03. The average Bonchev–Trinajstić information content (AvgIpc) is 2.75. The van der Waals surface area contributed by atoms with Crippen molar-refractivity contribution >= 4 is 35.1 Å². The molecule has 0 aliphatic heterocycles. The minimum atomic E-state index is -0.211. The number of halogens is 2. The van der Waals surface area contributed by atoms with E-state index in [1.807, 2.05) is 48.6 Å². The van der Waals surface area contributed by atoms with E-state index in [4.69, 9.17) is 0 Å². The Kier molecular flexibility index (Phi) is 5.58. The van der Waals surface area contributed by atoms with Crippen LogP contribution in [0, 0.1) is 25.5 Å². The summed E-state index contributed by atoms with van der Waals surface area (Å²) in [4.78, 5) is 0. The normalized spacial score (nSPS) is 11.7. The van der Waals surface area contributed by atoms with Crippen molar-refractivity contribution in [2.24, 2.45) is 0 Å². The Morgan fingerprint density at radius 2 is 0.967 bits per heavy atom. The van der Waals surface area contributed by atoms with Crippen molar-refractivity contribution in [2.45, 2.75) is 13.8 Å². The van der Waals surface area contributed by atoms with Crippen LogP contribution in [0.4, 0.5) is 8.78 Å². The molecular weight excluding hydrogens is 374 g/mol. The van der Waals surface area contributed by atoms with E-state index < -0.39 is 0 Å². The Morgan fingerprint density at radius 3 is 1.37 bits per heavy atom. The second-order valence-electron chi connectivity index (χ2n) is 7.51. The standard InChI is InChI=1S/C28H22F2/c1-19-7-9-21(15-27(19)29)11-13-25-17-23-5-3-4-6-24(23)18-26(25)14-12-22-10-8-20(2)28(30)16-22/h3-18H,1-2H3/b13-11+,14-12+. The summed E-state index contributed by atoms with van der Waals surface area (Å²) in [5.74, 6) is -0.422. The third-order valence-corrected chi connectivity index (χ3v) is 5.25. The third kappa shape index (κ3) is 4.38. The van der Waals surface area contributed by atoms with Crippen molar-refractivity contribution in [3.63, 3.8) is 0 Å². The highest BCUT2D eigenvalue weighted by Crippen LogP contribution is 2.24. The molecule has 0 bridgehead atoms. The maximum Gasteiger partial charge on any atom is 0.126 e. The minimum absolute atomic E-state index is 0.211.